The van der Waals surface area contributed by atoms with E-state index in [4.69, 9.17) is 5.73 Å². The van der Waals surface area contributed by atoms with E-state index in [1.807, 2.05) is 0 Å². The summed E-state index contributed by atoms with van der Waals surface area (Å²) in [7, 11) is 0. The zero-order chi connectivity index (χ0) is 11.6. The van der Waals surface area contributed by atoms with E-state index >= 15 is 0 Å². The zero-order valence-corrected chi connectivity index (χ0v) is 7.14. The third-order valence-corrected chi connectivity index (χ3v) is 1.45. The Morgan fingerprint density at radius 3 is 2.40 bits per heavy atom. The molecule has 0 saturated carbocycles. The summed E-state index contributed by atoms with van der Waals surface area (Å²) in [5.41, 5.74) is 4.25. The van der Waals surface area contributed by atoms with Gasteiger partial charge in [-0.3, -0.25) is 4.79 Å². The van der Waals surface area contributed by atoms with Gasteiger partial charge >= 0.3 is 6.36 Å². The fraction of sp³-hybridized carbons (Fsp3) is 0.125. The van der Waals surface area contributed by atoms with Gasteiger partial charge in [-0.2, -0.15) is 0 Å². The maximum atomic E-state index is 13.0. The SMILES string of the molecule is Nc1cc(C=O)cc(OC(F)(F)F)c1F. The molecule has 0 unspecified atom stereocenters. The summed E-state index contributed by atoms with van der Waals surface area (Å²) in [5, 5.41) is 0. The van der Waals surface area contributed by atoms with E-state index in [9.17, 15) is 22.4 Å². The highest BCUT2D eigenvalue weighted by atomic mass is 19.4. The molecule has 0 bridgehead atoms. The minimum Gasteiger partial charge on any atom is -0.403 e. The van der Waals surface area contributed by atoms with Crippen molar-refractivity contribution in [2.24, 2.45) is 0 Å². The molecule has 15 heavy (non-hydrogen) atoms. The second kappa shape index (κ2) is 3.76. The molecule has 0 atom stereocenters. The lowest BCUT2D eigenvalue weighted by Crippen LogP contribution is -2.18. The molecule has 1 rings (SSSR count). The van der Waals surface area contributed by atoms with Gasteiger partial charge in [0.05, 0.1) is 5.69 Å². The largest absolute Gasteiger partial charge is 0.573 e. The molecule has 1 aromatic rings. The van der Waals surface area contributed by atoms with Gasteiger partial charge in [0.2, 0.25) is 0 Å². The van der Waals surface area contributed by atoms with Gasteiger partial charge in [0, 0.05) is 5.56 Å². The predicted molar refractivity (Wildman–Crippen MR) is 42.9 cm³/mol. The molecular weight excluding hydrogens is 218 g/mol. The molecule has 0 fully saturated rings. The Bertz CT molecular complexity index is 389. The second-order valence-corrected chi connectivity index (χ2v) is 2.59. The average Bonchev–Trinajstić information content (AvgIpc) is 2.10. The minimum atomic E-state index is -5.03. The van der Waals surface area contributed by atoms with E-state index in [1.165, 1.54) is 0 Å². The number of nitrogens with two attached hydrogens (primary N) is 1. The van der Waals surface area contributed by atoms with Gasteiger partial charge < -0.3 is 10.5 Å². The molecule has 0 saturated heterocycles. The molecule has 0 aliphatic rings. The Morgan fingerprint density at radius 1 is 1.33 bits per heavy atom. The van der Waals surface area contributed by atoms with Crippen LogP contribution in [0.5, 0.6) is 5.75 Å². The van der Waals surface area contributed by atoms with Gasteiger partial charge in [-0.25, -0.2) is 4.39 Å². The smallest absolute Gasteiger partial charge is 0.403 e. The van der Waals surface area contributed by atoms with Gasteiger partial charge in [-0.15, -0.1) is 13.2 Å². The Labute approximate surface area is 81.4 Å². The van der Waals surface area contributed by atoms with Crippen molar-refractivity contribution in [3.8, 4) is 5.75 Å². The maximum absolute atomic E-state index is 13.0. The van der Waals surface area contributed by atoms with Crippen molar-refractivity contribution >= 4 is 12.0 Å². The first-order valence-corrected chi connectivity index (χ1v) is 3.63. The van der Waals surface area contributed by atoms with Crippen LogP contribution < -0.4 is 10.5 Å². The van der Waals surface area contributed by atoms with E-state index < -0.39 is 23.6 Å². The van der Waals surface area contributed by atoms with Crippen LogP contribution in [0.25, 0.3) is 0 Å². The zero-order valence-electron chi connectivity index (χ0n) is 7.14. The van der Waals surface area contributed by atoms with Crippen molar-refractivity contribution in [2.75, 3.05) is 5.73 Å². The fourth-order valence-corrected chi connectivity index (χ4v) is 0.909. The highest BCUT2D eigenvalue weighted by Crippen LogP contribution is 2.29. The number of hydrogen-bond donors (Lipinski definition) is 1. The van der Waals surface area contributed by atoms with Gasteiger partial charge in [0.25, 0.3) is 0 Å². The van der Waals surface area contributed by atoms with Crippen molar-refractivity contribution in [3.05, 3.63) is 23.5 Å². The number of carbonyl (C=O) groups excluding carboxylic acids is 1. The van der Waals surface area contributed by atoms with Crippen molar-refractivity contribution in [3.63, 3.8) is 0 Å². The van der Waals surface area contributed by atoms with Gasteiger partial charge in [-0.1, -0.05) is 0 Å². The Kier molecular flexibility index (Phi) is 2.83. The highest BCUT2D eigenvalue weighted by molar-refractivity contribution is 5.78. The van der Waals surface area contributed by atoms with Crippen LogP contribution in [0.2, 0.25) is 0 Å². The summed E-state index contributed by atoms with van der Waals surface area (Å²) in [6.07, 6.45) is -4.80. The fourth-order valence-electron chi connectivity index (χ4n) is 0.909. The molecule has 0 aliphatic carbocycles. The molecule has 0 radical (unpaired) electrons. The van der Waals surface area contributed by atoms with Crippen LogP contribution in [0.4, 0.5) is 23.2 Å². The normalized spacial score (nSPS) is 11.2. The second-order valence-electron chi connectivity index (χ2n) is 2.59. The molecule has 2 N–H and O–H groups in total. The lowest BCUT2D eigenvalue weighted by Gasteiger charge is -2.11. The van der Waals surface area contributed by atoms with Crippen LogP contribution in [0.1, 0.15) is 10.4 Å². The molecule has 0 heterocycles. The molecule has 0 amide bonds. The molecule has 1 aromatic carbocycles. The van der Waals surface area contributed by atoms with Crippen LogP contribution in [0.15, 0.2) is 12.1 Å². The van der Waals surface area contributed by atoms with Crippen molar-refractivity contribution < 1.29 is 27.1 Å². The van der Waals surface area contributed by atoms with Gasteiger partial charge in [0.1, 0.15) is 6.29 Å². The molecule has 3 nitrogen and oxygen atoms in total. The average molecular weight is 223 g/mol. The maximum Gasteiger partial charge on any atom is 0.573 e. The summed E-state index contributed by atoms with van der Waals surface area (Å²) >= 11 is 0. The molecule has 7 heteroatoms. The summed E-state index contributed by atoms with van der Waals surface area (Å²) in [5.74, 6) is -2.47. The topological polar surface area (TPSA) is 52.3 Å². The standard InChI is InChI=1S/C8H5F4NO2/c9-7-5(13)1-4(3-14)2-6(7)15-8(10,11)12/h1-3H,13H2. The molecule has 0 spiro atoms. The van der Waals surface area contributed by atoms with Crippen molar-refractivity contribution in [1.29, 1.82) is 0 Å². The third kappa shape index (κ3) is 2.83. The molecule has 0 aromatic heterocycles. The number of hydrogen-bond acceptors (Lipinski definition) is 3. The van der Waals surface area contributed by atoms with Crippen molar-refractivity contribution in [2.45, 2.75) is 6.36 Å². The number of benzene rings is 1. The van der Waals surface area contributed by atoms with Gasteiger partial charge in [0.15, 0.2) is 11.6 Å². The Morgan fingerprint density at radius 2 is 1.93 bits per heavy atom. The van der Waals surface area contributed by atoms with E-state index in [-0.39, 0.29) is 11.8 Å². The van der Waals surface area contributed by atoms with Crippen LogP contribution >= 0.6 is 0 Å². The predicted octanol–water partition coefficient (Wildman–Crippen LogP) is 2.12. The number of anilines is 1. The molecular formula is C8H5F4NO2. The summed E-state index contributed by atoms with van der Waals surface area (Å²) in [4.78, 5) is 10.3. The van der Waals surface area contributed by atoms with Crippen LogP contribution in [0, 0.1) is 5.82 Å². The number of alkyl halides is 3. The van der Waals surface area contributed by atoms with Crippen LogP contribution in [-0.2, 0) is 0 Å². The number of carbonyl (C=O) groups is 1. The highest BCUT2D eigenvalue weighted by Gasteiger charge is 2.32. The monoisotopic (exact) mass is 223 g/mol. The Hall–Kier alpha value is -1.79. The summed E-state index contributed by atoms with van der Waals surface area (Å²) in [6.45, 7) is 0. The van der Waals surface area contributed by atoms with Crippen LogP contribution in [0.3, 0.4) is 0 Å². The first-order valence-electron chi connectivity index (χ1n) is 3.63. The lowest BCUT2D eigenvalue weighted by molar-refractivity contribution is -0.275. The van der Waals surface area contributed by atoms with Crippen LogP contribution in [-0.4, -0.2) is 12.6 Å². The number of ether oxygens (including phenoxy) is 1. The molecule has 82 valence electrons. The third-order valence-electron chi connectivity index (χ3n) is 1.45. The number of aldehydes is 1. The number of nitrogen functional groups attached to an aromatic ring is 1. The Balaban J connectivity index is 3.16. The minimum absolute atomic E-state index is 0.201. The van der Waals surface area contributed by atoms with E-state index in [0.29, 0.717) is 6.07 Å². The first-order chi connectivity index (χ1) is 6.83. The summed E-state index contributed by atoms with van der Waals surface area (Å²) in [6, 6.07) is 1.53. The quantitative estimate of drug-likeness (QED) is 0.474. The number of rotatable bonds is 2. The lowest BCUT2D eigenvalue weighted by atomic mass is 10.2. The van der Waals surface area contributed by atoms with E-state index in [0.717, 1.165) is 6.07 Å². The molecule has 0 aliphatic heterocycles. The summed E-state index contributed by atoms with van der Waals surface area (Å²) < 4.78 is 51.6. The first kappa shape index (κ1) is 11.3. The number of halogens is 4. The van der Waals surface area contributed by atoms with E-state index in [2.05, 4.69) is 4.74 Å². The van der Waals surface area contributed by atoms with Gasteiger partial charge in [-0.05, 0) is 12.1 Å². The van der Waals surface area contributed by atoms with Crippen molar-refractivity contribution in [1.82, 2.24) is 0 Å². The van der Waals surface area contributed by atoms with E-state index in [1.54, 1.807) is 0 Å².